The van der Waals surface area contributed by atoms with Gasteiger partial charge in [0.05, 0.1) is 0 Å². The molecule has 2 heteroatoms. The molecule has 2 nitrogen and oxygen atoms in total. The Balaban J connectivity index is 2.04. The third-order valence-electron chi connectivity index (χ3n) is 4.14. The standard InChI is InChI=1S/C11H17NO/c1-10-3-8-4-11(2,5-10)7-12(6-10)9(8)13/h8H,3-7H2,1-2H3. The number of piperidine rings is 3. The maximum atomic E-state index is 11.8. The molecule has 4 rings (SSSR count). The third kappa shape index (κ3) is 0.918. The van der Waals surface area contributed by atoms with Crippen LogP contribution in [0.4, 0.5) is 0 Å². The van der Waals surface area contributed by atoms with Crippen LogP contribution < -0.4 is 0 Å². The zero-order valence-corrected chi connectivity index (χ0v) is 8.47. The van der Waals surface area contributed by atoms with Gasteiger partial charge in [-0.1, -0.05) is 13.8 Å². The van der Waals surface area contributed by atoms with Crippen LogP contribution in [0.2, 0.25) is 0 Å². The van der Waals surface area contributed by atoms with Crippen LogP contribution in [0.15, 0.2) is 0 Å². The fourth-order valence-electron chi connectivity index (χ4n) is 4.24. The zero-order valence-electron chi connectivity index (χ0n) is 8.47. The molecule has 1 saturated carbocycles. The van der Waals surface area contributed by atoms with Gasteiger partial charge in [-0.25, -0.2) is 0 Å². The molecule has 0 radical (unpaired) electrons. The fourth-order valence-corrected chi connectivity index (χ4v) is 4.24. The maximum Gasteiger partial charge on any atom is 0.225 e. The van der Waals surface area contributed by atoms with Crippen molar-refractivity contribution in [1.82, 2.24) is 4.90 Å². The molecule has 1 aliphatic carbocycles. The maximum absolute atomic E-state index is 11.8. The summed E-state index contributed by atoms with van der Waals surface area (Å²) >= 11 is 0. The Morgan fingerprint density at radius 1 is 1.23 bits per heavy atom. The molecule has 72 valence electrons. The van der Waals surface area contributed by atoms with Gasteiger partial charge in [-0.2, -0.15) is 0 Å². The molecule has 4 bridgehead atoms. The first-order valence-corrected chi connectivity index (χ1v) is 5.29. The number of nitrogens with zero attached hydrogens (tertiary/aromatic N) is 1. The highest BCUT2D eigenvalue weighted by Crippen LogP contribution is 2.56. The van der Waals surface area contributed by atoms with Crippen molar-refractivity contribution in [1.29, 1.82) is 0 Å². The molecule has 2 atom stereocenters. The Kier molecular flexibility index (Phi) is 1.17. The second-order valence-corrected chi connectivity index (χ2v) is 6.10. The van der Waals surface area contributed by atoms with E-state index in [0.29, 0.717) is 22.7 Å². The van der Waals surface area contributed by atoms with Crippen molar-refractivity contribution in [3.8, 4) is 0 Å². The molecule has 3 heterocycles. The van der Waals surface area contributed by atoms with Gasteiger partial charge in [-0.05, 0) is 30.1 Å². The molecule has 0 aromatic rings. The van der Waals surface area contributed by atoms with E-state index in [1.807, 2.05) is 0 Å². The minimum Gasteiger partial charge on any atom is -0.341 e. The predicted octanol–water partition coefficient (Wildman–Crippen LogP) is 1.65. The molecule has 2 unspecified atom stereocenters. The minimum absolute atomic E-state index is 0.367. The number of rotatable bonds is 0. The summed E-state index contributed by atoms with van der Waals surface area (Å²) in [6.45, 7) is 6.77. The van der Waals surface area contributed by atoms with E-state index in [1.54, 1.807) is 0 Å². The highest BCUT2D eigenvalue weighted by molar-refractivity contribution is 5.81. The van der Waals surface area contributed by atoms with Crippen LogP contribution in [0.5, 0.6) is 0 Å². The van der Waals surface area contributed by atoms with Crippen molar-refractivity contribution in [3.05, 3.63) is 0 Å². The van der Waals surface area contributed by atoms with E-state index < -0.39 is 0 Å². The van der Waals surface area contributed by atoms with Crippen LogP contribution >= 0.6 is 0 Å². The first-order chi connectivity index (χ1) is 6.00. The summed E-state index contributed by atoms with van der Waals surface area (Å²) in [5, 5.41) is 0. The van der Waals surface area contributed by atoms with E-state index in [4.69, 9.17) is 0 Å². The molecule has 0 N–H and O–H groups in total. The number of hydrogen-bond acceptors (Lipinski definition) is 1. The highest BCUT2D eigenvalue weighted by atomic mass is 16.2. The second-order valence-electron chi connectivity index (χ2n) is 6.10. The average Bonchev–Trinajstić information content (AvgIpc) is 1.94. The average molecular weight is 179 g/mol. The quantitative estimate of drug-likeness (QED) is 0.553. The van der Waals surface area contributed by atoms with Gasteiger partial charge in [0.1, 0.15) is 0 Å². The van der Waals surface area contributed by atoms with Crippen molar-refractivity contribution >= 4 is 5.91 Å². The summed E-state index contributed by atoms with van der Waals surface area (Å²) in [4.78, 5) is 13.9. The molecule has 0 aromatic heterocycles. The lowest BCUT2D eigenvalue weighted by molar-refractivity contribution is -0.171. The summed E-state index contributed by atoms with van der Waals surface area (Å²) in [7, 11) is 0. The zero-order chi connectivity index (χ0) is 9.27. The number of hydrogen-bond donors (Lipinski definition) is 0. The van der Waals surface area contributed by atoms with Crippen molar-refractivity contribution < 1.29 is 4.79 Å². The Bertz CT molecular complexity index is 246. The van der Waals surface area contributed by atoms with Gasteiger partial charge < -0.3 is 4.90 Å². The number of carbonyl (C=O) groups is 1. The first kappa shape index (κ1) is 7.84. The van der Waals surface area contributed by atoms with Crippen molar-refractivity contribution in [2.45, 2.75) is 33.1 Å². The van der Waals surface area contributed by atoms with E-state index in [-0.39, 0.29) is 0 Å². The van der Waals surface area contributed by atoms with E-state index in [2.05, 4.69) is 18.7 Å². The molecule has 13 heavy (non-hydrogen) atoms. The number of amides is 1. The van der Waals surface area contributed by atoms with Crippen molar-refractivity contribution in [2.75, 3.05) is 13.1 Å². The highest BCUT2D eigenvalue weighted by Gasteiger charge is 2.56. The Hall–Kier alpha value is -0.530. The molecule has 1 amide bonds. The third-order valence-corrected chi connectivity index (χ3v) is 4.14. The second kappa shape index (κ2) is 1.94. The topological polar surface area (TPSA) is 20.3 Å². The Morgan fingerprint density at radius 2 is 1.77 bits per heavy atom. The predicted molar refractivity (Wildman–Crippen MR) is 50.1 cm³/mol. The lowest BCUT2D eigenvalue weighted by Crippen LogP contribution is -2.64. The lowest BCUT2D eigenvalue weighted by atomic mass is 9.54. The van der Waals surface area contributed by atoms with Crippen LogP contribution in [-0.4, -0.2) is 23.9 Å². The molecule has 0 spiro atoms. The Labute approximate surface area is 79.3 Å². The first-order valence-electron chi connectivity index (χ1n) is 5.29. The van der Waals surface area contributed by atoms with Gasteiger partial charge in [0.15, 0.2) is 0 Å². The van der Waals surface area contributed by atoms with E-state index in [9.17, 15) is 4.79 Å². The van der Waals surface area contributed by atoms with Gasteiger partial charge in [0, 0.05) is 19.0 Å². The smallest absolute Gasteiger partial charge is 0.225 e. The van der Waals surface area contributed by atoms with Gasteiger partial charge in [0.2, 0.25) is 5.91 Å². The summed E-state index contributed by atoms with van der Waals surface area (Å²) in [6, 6.07) is 0. The molecular formula is C11H17NO. The van der Waals surface area contributed by atoms with Crippen LogP contribution in [0, 0.1) is 16.7 Å². The van der Waals surface area contributed by atoms with Crippen molar-refractivity contribution in [2.24, 2.45) is 16.7 Å². The normalized spacial score (nSPS) is 53.2. The summed E-state index contributed by atoms with van der Waals surface area (Å²) in [6.07, 6.45) is 3.64. The van der Waals surface area contributed by atoms with Gasteiger partial charge >= 0.3 is 0 Å². The molecule has 0 aromatic carbocycles. The lowest BCUT2D eigenvalue weighted by Gasteiger charge is -2.60. The molecule has 3 aliphatic heterocycles. The van der Waals surface area contributed by atoms with Gasteiger partial charge in [-0.15, -0.1) is 0 Å². The molecular weight excluding hydrogens is 162 g/mol. The van der Waals surface area contributed by atoms with E-state index in [1.165, 1.54) is 6.42 Å². The summed E-state index contributed by atoms with van der Waals surface area (Å²) < 4.78 is 0. The van der Waals surface area contributed by atoms with Crippen LogP contribution in [0.1, 0.15) is 33.1 Å². The van der Waals surface area contributed by atoms with Crippen LogP contribution in [0.3, 0.4) is 0 Å². The Morgan fingerprint density at radius 3 is 2.23 bits per heavy atom. The largest absolute Gasteiger partial charge is 0.341 e. The molecule has 3 saturated heterocycles. The van der Waals surface area contributed by atoms with E-state index >= 15 is 0 Å². The van der Waals surface area contributed by atoms with Crippen LogP contribution in [-0.2, 0) is 4.79 Å². The fraction of sp³-hybridized carbons (Fsp3) is 0.909. The van der Waals surface area contributed by atoms with Crippen LogP contribution in [0.25, 0.3) is 0 Å². The van der Waals surface area contributed by atoms with E-state index in [0.717, 1.165) is 25.9 Å². The molecule has 4 fully saturated rings. The summed E-state index contributed by atoms with van der Waals surface area (Å²) in [5.41, 5.74) is 0.896. The monoisotopic (exact) mass is 179 g/mol. The van der Waals surface area contributed by atoms with Crippen molar-refractivity contribution in [3.63, 3.8) is 0 Å². The number of carbonyl (C=O) groups excluding carboxylic acids is 1. The summed E-state index contributed by atoms with van der Waals surface area (Å²) in [5.74, 6) is 0.806. The molecule has 4 aliphatic rings. The van der Waals surface area contributed by atoms with Gasteiger partial charge in [0.25, 0.3) is 0 Å². The minimum atomic E-state index is 0.367. The van der Waals surface area contributed by atoms with Gasteiger partial charge in [-0.3, -0.25) is 4.79 Å². The SMILES string of the molecule is CC12CC3CC(C)(CN(C1)C3=O)C2.